The maximum absolute atomic E-state index is 11.9. The molecule has 1 rings (SSSR count). The Labute approximate surface area is 141 Å². The summed E-state index contributed by atoms with van der Waals surface area (Å²) in [7, 11) is 1.56. The molecule has 0 radical (unpaired) electrons. The van der Waals surface area contributed by atoms with Gasteiger partial charge in [-0.25, -0.2) is 4.79 Å². The molecule has 1 atom stereocenters. The van der Waals surface area contributed by atoms with Crippen LogP contribution in [0.3, 0.4) is 0 Å². The molecule has 0 fully saturated rings. The van der Waals surface area contributed by atoms with Crippen LogP contribution in [0.4, 0.5) is 0 Å². The summed E-state index contributed by atoms with van der Waals surface area (Å²) in [4.78, 5) is 25.0. The van der Waals surface area contributed by atoms with Crippen molar-refractivity contribution in [2.24, 2.45) is 0 Å². The highest BCUT2D eigenvalue weighted by Crippen LogP contribution is 2.17. The average Bonchev–Trinajstić information content (AvgIpc) is 2.58. The van der Waals surface area contributed by atoms with Gasteiger partial charge >= 0.3 is 5.97 Å². The normalized spacial score (nSPS) is 11.1. The Balaban J connectivity index is 2.39. The number of hydrogen-bond acceptors (Lipinski definition) is 6. The van der Waals surface area contributed by atoms with Crippen LogP contribution in [0.2, 0.25) is 0 Å². The number of likely N-dealkylation sites (N-methyl/N-ethyl adjacent to an activating group) is 1. The molecule has 130 valence electrons. The van der Waals surface area contributed by atoms with Crippen LogP contribution < -0.4 is 9.47 Å². The van der Waals surface area contributed by atoms with Gasteiger partial charge < -0.3 is 19.1 Å². The van der Waals surface area contributed by atoms with E-state index in [0.29, 0.717) is 24.7 Å². The molecular formula is C17H22N2O5. The standard InChI is InChI=1S/C17H22N2O5/c1-4-22-14-6-8-15(9-7-14)23-12-16(20)24-13(2)17(21)19(3)11-5-10-18/h6-9,13H,4-5,11-12H2,1-3H3/t13-/m0/s1. The highest BCUT2D eigenvalue weighted by Gasteiger charge is 2.21. The molecule has 0 unspecified atom stereocenters. The first-order valence-corrected chi connectivity index (χ1v) is 7.65. The van der Waals surface area contributed by atoms with E-state index in [0.717, 1.165) is 0 Å². The number of nitriles is 1. The highest BCUT2D eigenvalue weighted by atomic mass is 16.6. The zero-order valence-corrected chi connectivity index (χ0v) is 14.2. The number of carbonyl (C=O) groups is 2. The van der Waals surface area contributed by atoms with E-state index >= 15 is 0 Å². The van der Waals surface area contributed by atoms with Gasteiger partial charge in [0.2, 0.25) is 0 Å². The van der Waals surface area contributed by atoms with Gasteiger partial charge in [0.15, 0.2) is 12.7 Å². The van der Waals surface area contributed by atoms with Gasteiger partial charge in [-0.3, -0.25) is 4.79 Å². The molecule has 24 heavy (non-hydrogen) atoms. The second-order valence-corrected chi connectivity index (χ2v) is 4.99. The van der Waals surface area contributed by atoms with Crippen molar-refractivity contribution >= 4 is 11.9 Å². The lowest BCUT2D eigenvalue weighted by Crippen LogP contribution is -2.38. The maximum Gasteiger partial charge on any atom is 0.344 e. The van der Waals surface area contributed by atoms with Gasteiger partial charge in [-0.1, -0.05) is 0 Å². The fourth-order valence-electron chi connectivity index (χ4n) is 1.86. The highest BCUT2D eigenvalue weighted by molar-refractivity contribution is 5.83. The third-order valence-electron chi connectivity index (χ3n) is 3.08. The predicted octanol–water partition coefficient (Wildman–Crippen LogP) is 1.77. The van der Waals surface area contributed by atoms with Crippen LogP contribution in [0.5, 0.6) is 11.5 Å². The first-order valence-electron chi connectivity index (χ1n) is 7.65. The minimum Gasteiger partial charge on any atom is -0.494 e. The quantitative estimate of drug-likeness (QED) is 0.639. The molecule has 1 aromatic rings. The van der Waals surface area contributed by atoms with Crippen LogP contribution in [0, 0.1) is 11.3 Å². The molecule has 0 saturated heterocycles. The lowest BCUT2D eigenvalue weighted by Gasteiger charge is -2.20. The summed E-state index contributed by atoms with van der Waals surface area (Å²) in [5.74, 6) is 0.214. The Morgan fingerprint density at radius 3 is 2.33 bits per heavy atom. The fraction of sp³-hybridized carbons (Fsp3) is 0.471. The van der Waals surface area contributed by atoms with Gasteiger partial charge in [-0.2, -0.15) is 5.26 Å². The zero-order chi connectivity index (χ0) is 17.9. The molecule has 0 aliphatic carbocycles. The van der Waals surface area contributed by atoms with Crippen LogP contribution in [-0.4, -0.2) is 49.7 Å². The summed E-state index contributed by atoms with van der Waals surface area (Å²) in [5, 5.41) is 8.51. The minimum absolute atomic E-state index is 0.226. The molecule has 1 aromatic carbocycles. The molecule has 0 spiro atoms. The van der Waals surface area contributed by atoms with E-state index in [-0.39, 0.29) is 18.9 Å². The van der Waals surface area contributed by atoms with Crippen molar-refractivity contribution in [3.8, 4) is 17.6 Å². The summed E-state index contributed by atoms with van der Waals surface area (Å²) >= 11 is 0. The Morgan fingerprint density at radius 2 is 1.79 bits per heavy atom. The number of hydrogen-bond donors (Lipinski definition) is 0. The monoisotopic (exact) mass is 334 g/mol. The molecule has 7 nitrogen and oxygen atoms in total. The van der Waals surface area contributed by atoms with E-state index in [1.54, 1.807) is 31.3 Å². The second kappa shape index (κ2) is 10.1. The number of rotatable bonds is 9. The fourth-order valence-corrected chi connectivity index (χ4v) is 1.86. The Kier molecular flexibility index (Phi) is 8.13. The van der Waals surface area contributed by atoms with E-state index in [9.17, 15) is 9.59 Å². The van der Waals surface area contributed by atoms with Crippen LogP contribution in [-0.2, 0) is 14.3 Å². The predicted molar refractivity (Wildman–Crippen MR) is 86.5 cm³/mol. The van der Waals surface area contributed by atoms with Crippen LogP contribution >= 0.6 is 0 Å². The van der Waals surface area contributed by atoms with Crippen molar-refractivity contribution in [3.05, 3.63) is 24.3 Å². The lowest BCUT2D eigenvalue weighted by molar-refractivity contribution is -0.160. The third kappa shape index (κ3) is 6.57. The SMILES string of the molecule is CCOc1ccc(OCC(=O)O[C@@H](C)C(=O)N(C)CCC#N)cc1. The van der Waals surface area contributed by atoms with E-state index < -0.39 is 12.1 Å². The minimum atomic E-state index is -0.926. The summed E-state index contributed by atoms with van der Waals surface area (Å²) in [5.41, 5.74) is 0. The largest absolute Gasteiger partial charge is 0.494 e. The van der Waals surface area contributed by atoms with Gasteiger partial charge in [0.1, 0.15) is 11.5 Å². The molecule has 0 aliphatic heterocycles. The summed E-state index contributed by atoms with van der Waals surface area (Å²) in [6, 6.07) is 8.79. The van der Waals surface area contributed by atoms with Crippen molar-refractivity contribution in [3.63, 3.8) is 0 Å². The summed E-state index contributed by atoms with van der Waals surface area (Å²) in [6.07, 6.45) is -0.700. The third-order valence-corrected chi connectivity index (χ3v) is 3.08. The van der Waals surface area contributed by atoms with Crippen molar-refractivity contribution in [2.75, 3.05) is 26.8 Å². The average molecular weight is 334 g/mol. The van der Waals surface area contributed by atoms with E-state index in [1.165, 1.54) is 11.8 Å². The zero-order valence-electron chi connectivity index (χ0n) is 14.2. The van der Waals surface area contributed by atoms with Gasteiger partial charge in [0.25, 0.3) is 5.91 Å². The van der Waals surface area contributed by atoms with Crippen LogP contribution in [0.1, 0.15) is 20.3 Å². The van der Waals surface area contributed by atoms with E-state index in [1.807, 2.05) is 13.0 Å². The Morgan fingerprint density at radius 1 is 1.21 bits per heavy atom. The topological polar surface area (TPSA) is 88.9 Å². The Hall–Kier alpha value is -2.75. The van der Waals surface area contributed by atoms with Crippen molar-refractivity contribution < 1.29 is 23.8 Å². The first kappa shape index (κ1) is 19.3. The molecular weight excluding hydrogens is 312 g/mol. The molecule has 7 heteroatoms. The molecule has 0 saturated carbocycles. The molecule has 1 amide bonds. The number of ether oxygens (including phenoxy) is 3. The number of esters is 1. The van der Waals surface area contributed by atoms with E-state index in [4.69, 9.17) is 19.5 Å². The van der Waals surface area contributed by atoms with Crippen molar-refractivity contribution in [2.45, 2.75) is 26.4 Å². The van der Waals surface area contributed by atoms with Crippen LogP contribution in [0.15, 0.2) is 24.3 Å². The molecule has 0 aliphatic rings. The van der Waals surface area contributed by atoms with Gasteiger partial charge in [-0.05, 0) is 38.1 Å². The summed E-state index contributed by atoms with van der Waals surface area (Å²) < 4.78 is 15.6. The second-order valence-electron chi connectivity index (χ2n) is 4.99. The van der Waals surface area contributed by atoms with Crippen molar-refractivity contribution in [1.29, 1.82) is 5.26 Å². The number of nitrogens with zero attached hydrogens (tertiary/aromatic N) is 2. The molecule has 0 heterocycles. The molecule has 0 aromatic heterocycles. The lowest BCUT2D eigenvalue weighted by atomic mass is 10.3. The Bertz CT molecular complexity index is 580. The first-order chi connectivity index (χ1) is 11.5. The number of benzene rings is 1. The number of carbonyl (C=O) groups excluding carboxylic acids is 2. The van der Waals surface area contributed by atoms with Gasteiger partial charge in [-0.15, -0.1) is 0 Å². The van der Waals surface area contributed by atoms with Crippen molar-refractivity contribution in [1.82, 2.24) is 4.90 Å². The van der Waals surface area contributed by atoms with E-state index in [2.05, 4.69) is 0 Å². The molecule has 0 N–H and O–H groups in total. The molecule has 0 bridgehead atoms. The van der Waals surface area contributed by atoms with Crippen LogP contribution in [0.25, 0.3) is 0 Å². The maximum atomic E-state index is 11.9. The number of amides is 1. The van der Waals surface area contributed by atoms with Gasteiger partial charge in [0.05, 0.1) is 19.1 Å². The smallest absolute Gasteiger partial charge is 0.344 e. The summed E-state index contributed by atoms with van der Waals surface area (Å²) in [6.45, 7) is 3.94. The van der Waals surface area contributed by atoms with Gasteiger partial charge in [0, 0.05) is 13.6 Å².